The number of Topliss-reactive ketones (excluding diaryl/α,β-unsaturated/α-hetero) is 1. The van der Waals surface area contributed by atoms with Crippen molar-refractivity contribution < 1.29 is 28.5 Å². The highest BCUT2D eigenvalue weighted by atomic mass is 19.1. The van der Waals surface area contributed by atoms with Gasteiger partial charge in [-0.2, -0.15) is 0 Å². The molecule has 1 saturated heterocycles. The number of carbonyl (C=O) groups is 1. The van der Waals surface area contributed by atoms with Gasteiger partial charge in [0.1, 0.15) is 40.8 Å². The fraction of sp³-hybridized carbons (Fsp3) is 0.435. The number of benzene rings is 2. The van der Waals surface area contributed by atoms with Crippen LogP contribution in [0.25, 0.3) is 0 Å². The fourth-order valence-electron chi connectivity index (χ4n) is 3.87. The van der Waals surface area contributed by atoms with E-state index in [-0.39, 0.29) is 29.5 Å². The summed E-state index contributed by atoms with van der Waals surface area (Å²) in [5.74, 6) is -0.452. The molecule has 7 heteroatoms. The molecule has 4 rings (SSSR count). The predicted octanol–water partition coefficient (Wildman–Crippen LogP) is 3.73. The van der Waals surface area contributed by atoms with E-state index in [0.717, 1.165) is 5.69 Å². The molecule has 0 radical (unpaired) electrons. The third-order valence-corrected chi connectivity index (χ3v) is 6.07. The minimum atomic E-state index is -0.973. The molecule has 2 unspecified atom stereocenters. The summed E-state index contributed by atoms with van der Waals surface area (Å²) in [6.45, 7) is 7.86. The van der Waals surface area contributed by atoms with E-state index in [0.29, 0.717) is 43.4 Å². The molecule has 0 aliphatic carbocycles. The SMILES string of the molecule is Cc1c(F)cccc1OCC1(C)Oc2cc(N3CCOCC3)cc(O)c2C(=O)C1C. The number of fused-ring (bicyclic) bond motifs is 1. The molecular weight excluding hydrogens is 389 g/mol. The van der Waals surface area contributed by atoms with Gasteiger partial charge in [-0.3, -0.25) is 4.79 Å². The molecule has 2 atom stereocenters. The highest BCUT2D eigenvalue weighted by Crippen LogP contribution is 2.44. The van der Waals surface area contributed by atoms with Crippen LogP contribution in [0.5, 0.6) is 17.2 Å². The van der Waals surface area contributed by atoms with Crippen molar-refractivity contribution in [3.8, 4) is 17.2 Å². The summed E-state index contributed by atoms with van der Waals surface area (Å²) in [5.41, 5.74) is 0.405. The molecule has 1 N–H and O–H groups in total. The van der Waals surface area contributed by atoms with Gasteiger partial charge in [0.25, 0.3) is 0 Å². The van der Waals surface area contributed by atoms with E-state index >= 15 is 0 Å². The lowest BCUT2D eigenvalue weighted by molar-refractivity contribution is -0.0131. The van der Waals surface area contributed by atoms with Crippen molar-refractivity contribution in [1.29, 1.82) is 0 Å². The largest absolute Gasteiger partial charge is 0.507 e. The smallest absolute Gasteiger partial charge is 0.177 e. The number of anilines is 1. The first-order chi connectivity index (χ1) is 14.3. The second kappa shape index (κ2) is 7.80. The van der Waals surface area contributed by atoms with Gasteiger partial charge < -0.3 is 24.2 Å². The first-order valence-electron chi connectivity index (χ1n) is 10.1. The number of nitrogens with zero attached hydrogens (tertiary/aromatic N) is 1. The Morgan fingerprint density at radius 1 is 1.30 bits per heavy atom. The molecule has 2 aliphatic heterocycles. The van der Waals surface area contributed by atoms with Crippen LogP contribution in [0.2, 0.25) is 0 Å². The summed E-state index contributed by atoms with van der Waals surface area (Å²) in [4.78, 5) is 15.2. The molecule has 2 aromatic rings. The molecule has 0 amide bonds. The molecule has 0 saturated carbocycles. The number of hydrogen-bond acceptors (Lipinski definition) is 6. The Balaban J connectivity index is 1.62. The average molecular weight is 415 g/mol. The number of phenols is 1. The van der Waals surface area contributed by atoms with E-state index < -0.39 is 11.5 Å². The summed E-state index contributed by atoms with van der Waals surface area (Å²) in [7, 11) is 0. The van der Waals surface area contributed by atoms with Crippen LogP contribution < -0.4 is 14.4 Å². The highest BCUT2D eigenvalue weighted by Gasteiger charge is 2.46. The second-order valence-electron chi connectivity index (χ2n) is 8.09. The highest BCUT2D eigenvalue weighted by molar-refractivity contribution is 6.04. The van der Waals surface area contributed by atoms with Gasteiger partial charge in [-0.1, -0.05) is 13.0 Å². The Kier molecular flexibility index (Phi) is 5.32. The lowest BCUT2D eigenvalue weighted by Crippen LogP contribution is -2.51. The van der Waals surface area contributed by atoms with Crippen molar-refractivity contribution in [2.75, 3.05) is 37.8 Å². The molecule has 0 spiro atoms. The molecule has 2 aliphatic rings. The van der Waals surface area contributed by atoms with Gasteiger partial charge in [-0.25, -0.2) is 4.39 Å². The van der Waals surface area contributed by atoms with Crippen molar-refractivity contribution in [1.82, 2.24) is 0 Å². The van der Waals surface area contributed by atoms with Crippen LogP contribution in [0.3, 0.4) is 0 Å². The molecule has 0 aromatic heterocycles. The van der Waals surface area contributed by atoms with E-state index in [9.17, 15) is 14.3 Å². The summed E-state index contributed by atoms with van der Waals surface area (Å²) < 4.78 is 31.3. The maximum atomic E-state index is 13.8. The Labute approximate surface area is 175 Å². The van der Waals surface area contributed by atoms with E-state index in [4.69, 9.17) is 14.2 Å². The fourth-order valence-corrected chi connectivity index (χ4v) is 3.87. The Morgan fingerprint density at radius 2 is 2.03 bits per heavy atom. The van der Waals surface area contributed by atoms with Crippen LogP contribution in [0.15, 0.2) is 30.3 Å². The van der Waals surface area contributed by atoms with E-state index in [2.05, 4.69) is 4.90 Å². The average Bonchev–Trinajstić information content (AvgIpc) is 2.73. The third-order valence-electron chi connectivity index (χ3n) is 6.07. The van der Waals surface area contributed by atoms with Gasteiger partial charge in [-0.05, 0) is 26.0 Å². The van der Waals surface area contributed by atoms with Gasteiger partial charge in [0, 0.05) is 36.5 Å². The molecule has 0 bridgehead atoms. The Hall–Kier alpha value is -2.80. The molecule has 160 valence electrons. The van der Waals surface area contributed by atoms with Crippen LogP contribution >= 0.6 is 0 Å². The van der Waals surface area contributed by atoms with E-state index in [1.807, 2.05) is 0 Å². The normalized spacial score (nSPS) is 23.7. The zero-order valence-electron chi connectivity index (χ0n) is 17.4. The monoisotopic (exact) mass is 415 g/mol. The number of rotatable bonds is 4. The predicted molar refractivity (Wildman–Crippen MR) is 110 cm³/mol. The summed E-state index contributed by atoms with van der Waals surface area (Å²) in [5, 5.41) is 10.6. The molecule has 2 heterocycles. The van der Waals surface area contributed by atoms with Crippen LogP contribution in [0, 0.1) is 18.7 Å². The summed E-state index contributed by atoms with van der Waals surface area (Å²) in [6.07, 6.45) is 0. The van der Waals surface area contributed by atoms with Gasteiger partial charge in [0.05, 0.1) is 19.1 Å². The van der Waals surface area contributed by atoms with Crippen molar-refractivity contribution in [2.45, 2.75) is 26.4 Å². The van der Waals surface area contributed by atoms with Gasteiger partial charge >= 0.3 is 0 Å². The van der Waals surface area contributed by atoms with Crippen molar-refractivity contribution >= 4 is 11.5 Å². The maximum Gasteiger partial charge on any atom is 0.177 e. The molecule has 1 fully saturated rings. The third kappa shape index (κ3) is 3.58. The zero-order chi connectivity index (χ0) is 21.5. The zero-order valence-corrected chi connectivity index (χ0v) is 17.4. The molecular formula is C23H26FNO5. The number of carbonyl (C=O) groups excluding carboxylic acids is 1. The first-order valence-corrected chi connectivity index (χ1v) is 10.1. The van der Waals surface area contributed by atoms with Crippen LogP contribution in [-0.2, 0) is 4.74 Å². The summed E-state index contributed by atoms with van der Waals surface area (Å²) >= 11 is 0. The number of ether oxygens (including phenoxy) is 3. The van der Waals surface area contributed by atoms with E-state index in [1.54, 1.807) is 45.0 Å². The van der Waals surface area contributed by atoms with Crippen LogP contribution in [0.4, 0.5) is 10.1 Å². The van der Waals surface area contributed by atoms with Crippen molar-refractivity contribution in [2.24, 2.45) is 5.92 Å². The van der Waals surface area contributed by atoms with Gasteiger partial charge in [-0.15, -0.1) is 0 Å². The minimum absolute atomic E-state index is 0.0617. The number of aromatic hydroxyl groups is 1. The van der Waals surface area contributed by atoms with Crippen LogP contribution in [0.1, 0.15) is 29.8 Å². The lowest BCUT2D eigenvalue weighted by atomic mass is 9.81. The van der Waals surface area contributed by atoms with Gasteiger partial charge in [0.15, 0.2) is 5.78 Å². The maximum absolute atomic E-state index is 13.8. The number of phenolic OH excluding ortho intramolecular Hbond substituents is 1. The van der Waals surface area contributed by atoms with Crippen LogP contribution in [-0.4, -0.2) is 49.4 Å². The standard InChI is InChI=1S/C23H26FNO5/c1-14-17(24)5-4-6-19(14)29-13-23(3)15(2)22(27)21-18(26)11-16(12-20(21)30-23)25-7-9-28-10-8-25/h4-6,11-12,15,26H,7-10,13H2,1-3H3. The summed E-state index contributed by atoms with van der Waals surface area (Å²) in [6, 6.07) is 8.04. The Bertz CT molecular complexity index is 972. The minimum Gasteiger partial charge on any atom is -0.507 e. The first kappa shape index (κ1) is 20.5. The number of morpholine rings is 1. The van der Waals surface area contributed by atoms with Crippen molar-refractivity contribution in [3.05, 3.63) is 47.3 Å². The number of halogens is 1. The number of ketones is 1. The van der Waals surface area contributed by atoms with Crippen molar-refractivity contribution in [3.63, 3.8) is 0 Å². The molecule has 30 heavy (non-hydrogen) atoms. The topological polar surface area (TPSA) is 68.2 Å². The number of hydrogen-bond donors (Lipinski definition) is 1. The van der Waals surface area contributed by atoms with Gasteiger partial charge in [0.2, 0.25) is 0 Å². The molecule has 2 aromatic carbocycles. The second-order valence-corrected chi connectivity index (χ2v) is 8.09. The van der Waals surface area contributed by atoms with E-state index in [1.165, 1.54) is 6.07 Å². The Morgan fingerprint density at radius 3 is 2.77 bits per heavy atom. The molecule has 6 nitrogen and oxygen atoms in total. The quantitative estimate of drug-likeness (QED) is 0.821. The lowest BCUT2D eigenvalue weighted by Gasteiger charge is -2.40.